The van der Waals surface area contributed by atoms with Gasteiger partial charge in [-0.25, -0.2) is 4.79 Å². The third-order valence-electron chi connectivity index (χ3n) is 8.88. The van der Waals surface area contributed by atoms with Crippen molar-refractivity contribution in [2.45, 2.75) is 64.8 Å². The molecule has 1 amide bonds. The highest BCUT2D eigenvalue weighted by Crippen LogP contribution is 2.38. The van der Waals surface area contributed by atoms with E-state index >= 15 is 0 Å². The first-order chi connectivity index (χ1) is 17.9. The number of hydrogen-bond donors (Lipinski definition) is 0. The molecule has 37 heavy (non-hydrogen) atoms. The smallest absolute Gasteiger partial charge is 0.340 e. The number of likely N-dealkylation sites (tertiary alicyclic amines) is 1. The van der Waals surface area contributed by atoms with Crippen LogP contribution in [0.15, 0.2) is 42.7 Å². The van der Waals surface area contributed by atoms with Crippen LogP contribution in [-0.4, -0.2) is 28.5 Å². The lowest BCUT2D eigenvalue weighted by Gasteiger charge is -2.42. The Morgan fingerprint density at radius 2 is 1.78 bits per heavy atom. The minimum atomic E-state index is -0.453. The van der Waals surface area contributed by atoms with E-state index < -0.39 is 5.63 Å². The lowest BCUT2D eigenvalue weighted by atomic mass is 9.83. The molecule has 7 rings (SSSR count). The number of carbonyl (C=O) groups is 1. The third-order valence-corrected chi connectivity index (χ3v) is 8.88. The van der Waals surface area contributed by atoms with E-state index in [0.29, 0.717) is 30.8 Å². The number of piperidine rings is 1. The first-order valence-corrected chi connectivity index (χ1v) is 13.4. The number of rotatable bonds is 2. The Morgan fingerprint density at radius 1 is 0.973 bits per heavy atom. The van der Waals surface area contributed by atoms with Gasteiger partial charge in [-0.1, -0.05) is 6.07 Å². The van der Waals surface area contributed by atoms with Crippen molar-refractivity contribution in [3.05, 3.63) is 78.7 Å². The molecule has 7 heteroatoms. The highest BCUT2D eigenvalue weighted by Gasteiger charge is 2.36. The fourth-order valence-electron chi connectivity index (χ4n) is 6.98. The largest absolute Gasteiger partial charge is 0.460 e. The number of benzene rings is 1. The van der Waals surface area contributed by atoms with Gasteiger partial charge in [-0.3, -0.25) is 9.59 Å². The van der Waals surface area contributed by atoms with E-state index in [4.69, 9.17) is 8.83 Å². The van der Waals surface area contributed by atoms with Gasteiger partial charge in [0.1, 0.15) is 16.9 Å². The molecular formula is C30H30N2O5. The van der Waals surface area contributed by atoms with E-state index in [1.54, 1.807) is 12.1 Å². The molecule has 7 nitrogen and oxygen atoms in total. The minimum Gasteiger partial charge on any atom is -0.460 e. The van der Waals surface area contributed by atoms with E-state index in [0.717, 1.165) is 71.0 Å². The van der Waals surface area contributed by atoms with Crippen LogP contribution in [-0.2, 0) is 30.6 Å². The topological polar surface area (TPSA) is 85.7 Å². The fourth-order valence-corrected chi connectivity index (χ4v) is 6.98. The van der Waals surface area contributed by atoms with Crippen molar-refractivity contribution in [3.8, 4) is 0 Å². The quantitative estimate of drug-likeness (QED) is 0.383. The van der Waals surface area contributed by atoms with Gasteiger partial charge in [0, 0.05) is 65.6 Å². The number of aromatic nitrogens is 1. The Morgan fingerprint density at radius 3 is 2.65 bits per heavy atom. The number of pyridine rings is 1. The average molecular weight is 499 g/mol. The third kappa shape index (κ3) is 3.43. The monoisotopic (exact) mass is 498 g/mol. The van der Waals surface area contributed by atoms with Gasteiger partial charge in [0.2, 0.25) is 5.91 Å². The molecule has 1 aliphatic carbocycles. The number of hydrogen-bond acceptors (Lipinski definition) is 5. The van der Waals surface area contributed by atoms with Crippen molar-refractivity contribution in [1.29, 1.82) is 0 Å². The molecule has 3 aromatic heterocycles. The van der Waals surface area contributed by atoms with Crippen LogP contribution in [0.4, 0.5) is 0 Å². The molecule has 2 aliphatic heterocycles. The van der Waals surface area contributed by atoms with Crippen molar-refractivity contribution in [1.82, 2.24) is 9.47 Å². The molecule has 1 aromatic carbocycles. The molecule has 0 radical (unpaired) electrons. The molecule has 5 heterocycles. The van der Waals surface area contributed by atoms with Gasteiger partial charge in [-0.2, -0.15) is 0 Å². The molecule has 3 aliphatic rings. The summed E-state index contributed by atoms with van der Waals surface area (Å²) in [5.41, 5.74) is 5.30. The molecule has 1 saturated heterocycles. The number of furan rings is 1. The molecular weight excluding hydrogens is 468 g/mol. The van der Waals surface area contributed by atoms with Gasteiger partial charge in [-0.05, 0) is 63.1 Å². The highest BCUT2D eigenvalue weighted by molar-refractivity contribution is 6.00. The zero-order chi connectivity index (χ0) is 25.4. The van der Waals surface area contributed by atoms with Crippen LogP contribution in [0.25, 0.3) is 21.9 Å². The van der Waals surface area contributed by atoms with Crippen molar-refractivity contribution in [3.63, 3.8) is 0 Å². The second kappa shape index (κ2) is 8.20. The summed E-state index contributed by atoms with van der Waals surface area (Å²) in [6, 6.07) is 7.49. The Bertz CT molecular complexity index is 1720. The van der Waals surface area contributed by atoms with E-state index in [1.165, 1.54) is 5.56 Å². The second-order valence-corrected chi connectivity index (χ2v) is 11.1. The van der Waals surface area contributed by atoms with Gasteiger partial charge in [0.05, 0.1) is 12.0 Å². The normalized spacial score (nSPS) is 20.8. The maximum atomic E-state index is 13.5. The van der Waals surface area contributed by atoms with Crippen molar-refractivity contribution >= 4 is 27.8 Å². The SMILES string of the molecule is Cc1c(CC(=O)N2CC3CC(C2)c2cccc(=O)n2C3)c(=O)oc2c(C)c3oc4c(c3cc12)CCCC4. The summed E-state index contributed by atoms with van der Waals surface area (Å²) in [5.74, 6) is 1.37. The van der Waals surface area contributed by atoms with Crippen LogP contribution in [0.3, 0.4) is 0 Å². The van der Waals surface area contributed by atoms with Crippen LogP contribution in [0.2, 0.25) is 0 Å². The zero-order valence-corrected chi connectivity index (χ0v) is 21.3. The molecule has 4 aromatic rings. The van der Waals surface area contributed by atoms with Crippen LogP contribution in [0.5, 0.6) is 0 Å². The van der Waals surface area contributed by atoms with Gasteiger partial charge in [-0.15, -0.1) is 0 Å². The Labute approximate surface area is 213 Å². The first kappa shape index (κ1) is 22.6. The number of aryl methyl sites for hydroxylation is 4. The Hall–Kier alpha value is -3.61. The standard InChI is InChI=1S/C30H30N2O5/c1-16-21-11-23-20-6-3-4-8-25(20)36-29(23)17(2)28(21)37-30(35)22(16)12-27(34)31-13-18-10-19(15-31)24-7-5-9-26(33)32(24)14-18/h5,7,9,11,18-19H,3-4,6,8,10,12-15H2,1-2H3. The molecule has 190 valence electrons. The summed E-state index contributed by atoms with van der Waals surface area (Å²) in [7, 11) is 0. The number of carbonyl (C=O) groups excluding carboxylic acids is 1. The Kier molecular flexibility index (Phi) is 5.00. The van der Waals surface area contributed by atoms with E-state index in [9.17, 15) is 14.4 Å². The second-order valence-electron chi connectivity index (χ2n) is 11.1. The van der Waals surface area contributed by atoms with Gasteiger partial charge >= 0.3 is 5.63 Å². The number of fused-ring (bicyclic) bond motifs is 8. The predicted octanol–water partition coefficient (Wildman–Crippen LogP) is 4.38. The fraction of sp³-hybridized carbons (Fsp3) is 0.433. The molecule has 2 bridgehead atoms. The van der Waals surface area contributed by atoms with E-state index in [-0.39, 0.29) is 29.7 Å². The van der Waals surface area contributed by atoms with Crippen molar-refractivity contribution in [2.24, 2.45) is 5.92 Å². The maximum Gasteiger partial charge on any atom is 0.340 e. The van der Waals surface area contributed by atoms with Gasteiger partial charge in [0.15, 0.2) is 0 Å². The summed E-state index contributed by atoms with van der Waals surface area (Å²) in [6.45, 7) is 5.68. The molecule has 0 saturated carbocycles. The number of nitrogens with zero attached hydrogens (tertiary/aromatic N) is 2. The lowest BCUT2D eigenvalue weighted by molar-refractivity contribution is -0.133. The van der Waals surface area contributed by atoms with Gasteiger partial charge < -0.3 is 18.3 Å². The number of amides is 1. The van der Waals surface area contributed by atoms with Crippen LogP contribution >= 0.6 is 0 Å². The maximum absolute atomic E-state index is 13.5. The zero-order valence-electron chi connectivity index (χ0n) is 21.3. The average Bonchev–Trinajstić information content (AvgIpc) is 3.27. The molecule has 2 atom stereocenters. The molecule has 2 unspecified atom stereocenters. The summed E-state index contributed by atoms with van der Waals surface area (Å²) >= 11 is 0. The predicted molar refractivity (Wildman–Crippen MR) is 140 cm³/mol. The van der Waals surface area contributed by atoms with Crippen molar-refractivity contribution in [2.75, 3.05) is 13.1 Å². The summed E-state index contributed by atoms with van der Waals surface area (Å²) in [5, 5.41) is 1.98. The first-order valence-electron chi connectivity index (χ1n) is 13.4. The van der Waals surface area contributed by atoms with E-state index in [1.807, 2.05) is 29.4 Å². The van der Waals surface area contributed by atoms with Gasteiger partial charge in [0.25, 0.3) is 5.56 Å². The molecule has 1 fully saturated rings. The van der Waals surface area contributed by atoms with Crippen LogP contribution in [0, 0.1) is 19.8 Å². The Balaban J connectivity index is 1.24. The van der Waals surface area contributed by atoms with E-state index in [2.05, 4.69) is 6.07 Å². The van der Waals surface area contributed by atoms with Crippen LogP contribution in [0.1, 0.15) is 58.9 Å². The minimum absolute atomic E-state index is 0.0196. The summed E-state index contributed by atoms with van der Waals surface area (Å²) in [6.07, 6.45) is 5.23. The van der Waals surface area contributed by atoms with Crippen molar-refractivity contribution < 1.29 is 13.6 Å². The lowest BCUT2D eigenvalue weighted by Crippen LogP contribution is -2.49. The molecule has 0 N–H and O–H groups in total. The molecule has 0 spiro atoms. The summed E-state index contributed by atoms with van der Waals surface area (Å²) in [4.78, 5) is 40.9. The highest BCUT2D eigenvalue weighted by atomic mass is 16.4. The van der Waals surface area contributed by atoms with Crippen LogP contribution < -0.4 is 11.2 Å². The summed E-state index contributed by atoms with van der Waals surface area (Å²) < 4.78 is 13.9.